The monoisotopic (exact) mass is 835 g/mol. The Balaban J connectivity index is 1.10. The van der Waals surface area contributed by atoms with Crippen molar-refractivity contribution in [3.8, 4) is 72.7 Å². The van der Waals surface area contributed by atoms with Crippen LogP contribution in [0, 0.1) is 0 Å². The molecule has 306 valence electrons. The molecule has 11 aromatic carbocycles. The second-order valence-electron chi connectivity index (χ2n) is 17.9. The van der Waals surface area contributed by atoms with E-state index in [0.29, 0.717) is 0 Å². The molecule has 66 heavy (non-hydrogen) atoms. The van der Waals surface area contributed by atoms with E-state index >= 15 is 0 Å². The van der Waals surface area contributed by atoms with Gasteiger partial charge in [0.1, 0.15) is 0 Å². The van der Waals surface area contributed by atoms with Crippen molar-refractivity contribution in [2.24, 2.45) is 0 Å². The normalized spacial score (nSPS) is 13.0. The number of nitrogens with zero attached hydrogens (tertiary/aromatic N) is 1. The molecular formula is C65H41N. The summed E-state index contributed by atoms with van der Waals surface area (Å²) in [6.07, 6.45) is 0. The Morgan fingerprint density at radius 3 is 1.32 bits per heavy atom. The molecule has 12 aromatic rings. The van der Waals surface area contributed by atoms with E-state index in [1.165, 1.54) is 110 Å². The molecule has 0 saturated carbocycles. The molecule has 0 atom stereocenters. The van der Waals surface area contributed by atoms with E-state index in [2.05, 4.69) is 253 Å². The lowest BCUT2D eigenvalue weighted by atomic mass is 9.70. The van der Waals surface area contributed by atoms with E-state index in [0.717, 1.165) is 17.1 Å². The maximum Gasteiger partial charge on any atom is 0.0725 e. The Morgan fingerprint density at radius 2 is 0.712 bits per heavy atom. The van der Waals surface area contributed by atoms with Gasteiger partial charge in [0.2, 0.25) is 0 Å². The van der Waals surface area contributed by atoms with Gasteiger partial charge in [-0.3, -0.25) is 0 Å². The van der Waals surface area contributed by atoms with E-state index in [9.17, 15) is 0 Å². The minimum Gasteiger partial charge on any atom is -0.309 e. The van der Waals surface area contributed by atoms with Gasteiger partial charge in [0, 0.05) is 5.69 Å². The summed E-state index contributed by atoms with van der Waals surface area (Å²) in [5.41, 5.74) is 20.9. The third-order valence-corrected chi connectivity index (χ3v) is 14.6. The highest BCUT2D eigenvalue weighted by Crippen LogP contribution is 2.63. The first-order chi connectivity index (χ1) is 32.8. The molecule has 0 bridgehead atoms. The predicted octanol–water partition coefficient (Wildman–Crippen LogP) is 16.9. The molecule has 1 heteroatoms. The molecule has 14 rings (SSSR count). The Bertz CT molecular complexity index is 3810. The van der Waals surface area contributed by atoms with Crippen molar-refractivity contribution in [3.05, 3.63) is 271 Å². The largest absolute Gasteiger partial charge is 0.309 e. The number of benzene rings is 11. The van der Waals surface area contributed by atoms with Crippen molar-refractivity contribution in [3.63, 3.8) is 0 Å². The van der Waals surface area contributed by atoms with Crippen molar-refractivity contribution in [1.82, 2.24) is 4.57 Å². The Kier molecular flexibility index (Phi) is 7.97. The highest BCUT2D eigenvalue weighted by molar-refractivity contribution is 6.22. The van der Waals surface area contributed by atoms with Gasteiger partial charge in [0.05, 0.1) is 16.8 Å². The average molecular weight is 836 g/mol. The number of hydrogen-bond donors (Lipinski definition) is 0. The first kappa shape index (κ1) is 36.9. The van der Waals surface area contributed by atoms with Crippen LogP contribution in [0.3, 0.4) is 0 Å². The minimum absolute atomic E-state index is 0.447. The molecule has 1 spiro atoms. The lowest BCUT2D eigenvalue weighted by Crippen LogP contribution is -2.25. The molecule has 0 saturated heterocycles. The molecule has 0 N–H and O–H groups in total. The van der Waals surface area contributed by atoms with Gasteiger partial charge in [-0.2, -0.15) is 0 Å². The van der Waals surface area contributed by atoms with Crippen LogP contribution in [-0.2, 0) is 5.41 Å². The molecule has 1 heterocycles. The fraction of sp³-hybridized carbons (Fsp3) is 0.0154. The Hall–Kier alpha value is -8.52. The zero-order chi connectivity index (χ0) is 43.3. The van der Waals surface area contributed by atoms with E-state index < -0.39 is 5.41 Å². The third-order valence-electron chi connectivity index (χ3n) is 14.6. The number of hydrogen-bond acceptors (Lipinski definition) is 0. The second kappa shape index (κ2) is 14.2. The number of rotatable bonds is 5. The lowest BCUT2D eigenvalue weighted by Gasteiger charge is -2.31. The first-order valence-electron chi connectivity index (χ1n) is 23.0. The number of aromatic nitrogens is 1. The third kappa shape index (κ3) is 5.17. The summed E-state index contributed by atoms with van der Waals surface area (Å²) >= 11 is 0. The van der Waals surface area contributed by atoms with Crippen LogP contribution in [0.4, 0.5) is 0 Å². The average Bonchev–Trinajstić information content (AvgIpc) is 4.06. The summed E-state index contributed by atoms with van der Waals surface area (Å²) < 4.78 is 2.46. The smallest absolute Gasteiger partial charge is 0.0725 e. The number of fused-ring (bicyclic) bond motifs is 13. The van der Waals surface area contributed by atoms with Crippen LogP contribution in [0.25, 0.3) is 105 Å². The van der Waals surface area contributed by atoms with Crippen LogP contribution in [0.5, 0.6) is 0 Å². The van der Waals surface area contributed by atoms with Gasteiger partial charge in [-0.1, -0.05) is 212 Å². The van der Waals surface area contributed by atoms with Crippen molar-refractivity contribution in [2.75, 3.05) is 0 Å². The van der Waals surface area contributed by atoms with Crippen molar-refractivity contribution in [1.29, 1.82) is 0 Å². The van der Waals surface area contributed by atoms with Crippen LogP contribution in [0.1, 0.15) is 22.3 Å². The van der Waals surface area contributed by atoms with Crippen LogP contribution in [0.15, 0.2) is 249 Å². The summed E-state index contributed by atoms with van der Waals surface area (Å²) in [5, 5.41) is 7.41. The molecule has 0 amide bonds. The minimum atomic E-state index is -0.447. The van der Waals surface area contributed by atoms with Gasteiger partial charge in [0.15, 0.2) is 0 Å². The lowest BCUT2D eigenvalue weighted by molar-refractivity contribution is 0.794. The molecule has 2 aliphatic carbocycles. The second-order valence-corrected chi connectivity index (χ2v) is 17.9. The quantitative estimate of drug-likeness (QED) is 0.152. The maximum absolute atomic E-state index is 2.55. The Labute approximate surface area is 384 Å². The SMILES string of the molecule is c1ccc(-c2ccc(-c3ccccc3)n2-c2ccc3c(-c4ccc5ccccc5c4)c4ccccc4c(-c4ccc5c(c4)C4(c6ccccc6-c6ccccc64)c4ccccc4-5)c3c2)cc1. The standard InChI is InChI=1S/C65H41N/c1-3-18-43(19-4-1)61-37-38-62(44-20-5-2-6-21-44)66(61)48-34-36-55-56(41-48)64(54-27-10-9-26-53(54)63(55)46-32-31-42-17-7-8-22-45(42)39-46)47-33-35-52-51-25-13-16-30-59(51)65(60(52)40-47)57-28-14-11-23-49(57)50-24-12-15-29-58(50)65/h1-41H. The molecule has 1 aromatic heterocycles. The van der Waals surface area contributed by atoms with Gasteiger partial charge in [-0.15, -0.1) is 0 Å². The molecule has 1 nitrogen and oxygen atoms in total. The van der Waals surface area contributed by atoms with Gasteiger partial charge in [0.25, 0.3) is 0 Å². The predicted molar refractivity (Wildman–Crippen MR) is 276 cm³/mol. The van der Waals surface area contributed by atoms with E-state index in [-0.39, 0.29) is 0 Å². The molecule has 0 unspecified atom stereocenters. The van der Waals surface area contributed by atoms with Crippen LogP contribution in [-0.4, -0.2) is 4.57 Å². The van der Waals surface area contributed by atoms with E-state index in [1.54, 1.807) is 0 Å². The molecule has 2 aliphatic rings. The zero-order valence-corrected chi connectivity index (χ0v) is 36.1. The summed E-state index contributed by atoms with van der Waals surface area (Å²) in [6.45, 7) is 0. The van der Waals surface area contributed by atoms with Gasteiger partial charge < -0.3 is 4.57 Å². The van der Waals surface area contributed by atoms with E-state index in [4.69, 9.17) is 0 Å². The Morgan fingerprint density at radius 1 is 0.258 bits per heavy atom. The summed E-state index contributed by atoms with van der Waals surface area (Å²) in [5.74, 6) is 0. The molecular weight excluding hydrogens is 795 g/mol. The van der Waals surface area contributed by atoms with Gasteiger partial charge >= 0.3 is 0 Å². The molecule has 0 radical (unpaired) electrons. The molecule has 0 aliphatic heterocycles. The van der Waals surface area contributed by atoms with Crippen molar-refractivity contribution in [2.45, 2.75) is 5.41 Å². The maximum atomic E-state index is 2.55. The van der Waals surface area contributed by atoms with E-state index in [1.807, 2.05) is 0 Å². The van der Waals surface area contributed by atoms with Gasteiger partial charge in [-0.05, 0) is 147 Å². The highest BCUT2D eigenvalue weighted by Gasteiger charge is 2.51. The summed E-state index contributed by atoms with van der Waals surface area (Å²) in [7, 11) is 0. The zero-order valence-electron chi connectivity index (χ0n) is 36.1. The highest BCUT2D eigenvalue weighted by atomic mass is 15.0. The van der Waals surface area contributed by atoms with Crippen molar-refractivity contribution < 1.29 is 0 Å². The van der Waals surface area contributed by atoms with Crippen LogP contribution in [0.2, 0.25) is 0 Å². The van der Waals surface area contributed by atoms with Gasteiger partial charge in [-0.25, -0.2) is 0 Å². The first-order valence-corrected chi connectivity index (χ1v) is 23.0. The van der Waals surface area contributed by atoms with Crippen molar-refractivity contribution >= 4 is 32.3 Å². The fourth-order valence-corrected chi connectivity index (χ4v) is 11.9. The molecule has 0 fully saturated rings. The summed E-state index contributed by atoms with van der Waals surface area (Å²) in [4.78, 5) is 0. The van der Waals surface area contributed by atoms with Crippen LogP contribution < -0.4 is 0 Å². The fourth-order valence-electron chi connectivity index (χ4n) is 11.9. The summed E-state index contributed by atoms with van der Waals surface area (Å²) in [6, 6.07) is 92.8. The topological polar surface area (TPSA) is 4.93 Å². The van der Waals surface area contributed by atoms with Crippen LogP contribution >= 0.6 is 0 Å².